The van der Waals surface area contributed by atoms with E-state index in [1.165, 1.54) is 23.1 Å². The van der Waals surface area contributed by atoms with Crippen LogP contribution in [0.25, 0.3) is 5.69 Å². The Morgan fingerprint density at radius 1 is 1.12 bits per heavy atom. The van der Waals surface area contributed by atoms with Crippen molar-refractivity contribution in [2.45, 2.75) is 6.42 Å². The van der Waals surface area contributed by atoms with Gasteiger partial charge in [0.15, 0.2) is 0 Å². The fourth-order valence-electron chi connectivity index (χ4n) is 2.31. The molecular formula is C16H13F2N5O. The summed E-state index contributed by atoms with van der Waals surface area (Å²) < 4.78 is 27.7. The molecule has 122 valence electrons. The molecule has 0 saturated carbocycles. The van der Waals surface area contributed by atoms with Crippen LogP contribution in [0, 0.1) is 11.6 Å². The van der Waals surface area contributed by atoms with Crippen molar-refractivity contribution in [2.24, 2.45) is 0 Å². The number of amides is 1. The van der Waals surface area contributed by atoms with E-state index in [0.717, 1.165) is 6.07 Å². The largest absolute Gasteiger partial charge is 0.352 e. The molecule has 8 heteroatoms. The second-order valence-corrected chi connectivity index (χ2v) is 5.06. The van der Waals surface area contributed by atoms with E-state index < -0.39 is 11.6 Å². The van der Waals surface area contributed by atoms with Crippen LogP contribution in [0.15, 0.2) is 48.8 Å². The summed E-state index contributed by atoms with van der Waals surface area (Å²) >= 11 is 0. The minimum Gasteiger partial charge on any atom is -0.352 e. The number of nitrogens with zero attached hydrogens (tertiary/aromatic N) is 4. The third-order valence-electron chi connectivity index (χ3n) is 3.37. The molecule has 0 saturated heterocycles. The molecule has 1 amide bonds. The molecule has 0 unspecified atom stereocenters. The first-order valence-electron chi connectivity index (χ1n) is 7.19. The number of benzene rings is 2. The van der Waals surface area contributed by atoms with Crippen molar-refractivity contribution in [3.63, 3.8) is 0 Å². The Morgan fingerprint density at radius 2 is 1.88 bits per heavy atom. The van der Waals surface area contributed by atoms with Gasteiger partial charge in [0, 0.05) is 12.6 Å². The van der Waals surface area contributed by atoms with Gasteiger partial charge in [0.05, 0.1) is 11.3 Å². The number of tetrazole rings is 1. The highest BCUT2D eigenvalue weighted by atomic mass is 19.1. The van der Waals surface area contributed by atoms with E-state index in [0.29, 0.717) is 23.2 Å². The summed E-state index contributed by atoms with van der Waals surface area (Å²) in [5.74, 6) is -1.60. The van der Waals surface area contributed by atoms with Crippen molar-refractivity contribution in [1.82, 2.24) is 25.5 Å². The molecule has 1 aromatic heterocycles. The van der Waals surface area contributed by atoms with Gasteiger partial charge in [0.2, 0.25) is 0 Å². The van der Waals surface area contributed by atoms with Crippen molar-refractivity contribution in [2.75, 3.05) is 6.54 Å². The Bertz CT molecular complexity index is 831. The highest BCUT2D eigenvalue weighted by molar-refractivity contribution is 5.97. The minimum atomic E-state index is -0.639. The van der Waals surface area contributed by atoms with Crippen LogP contribution in [-0.2, 0) is 6.42 Å². The zero-order chi connectivity index (χ0) is 16.9. The van der Waals surface area contributed by atoms with Gasteiger partial charge in [-0.2, -0.15) is 4.68 Å². The van der Waals surface area contributed by atoms with Gasteiger partial charge in [-0.05, 0) is 46.7 Å². The summed E-state index contributed by atoms with van der Waals surface area (Å²) in [6, 6.07) is 10.1. The van der Waals surface area contributed by atoms with E-state index in [1.54, 1.807) is 24.3 Å². The van der Waals surface area contributed by atoms with Crippen LogP contribution in [0.1, 0.15) is 15.9 Å². The highest BCUT2D eigenvalue weighted by Crippen LogP contribution is 2.13. The maximum absolute atomic E-state index is 13.1. The highest BCUT2D eigenvalue weighted by Gasteiger charge is 2.12. The molecule has 0 bridgehead atoms. The average molecular weight is 329 g/mol. The fourth-order valence-corrected chi connectivity index (χ4v) is 2.31. The average Bonchev–Trinajstić information content (AvgIpc) is 3.08. The monoisotopic (exact) mass is 329 g/mol. The predicted molar refractivity (Wildman–Crippen MR) is 81.5 cm³/mol. The van der Waals surface area contributed by atoms with E-state index in [2.05, 4.69) is 20.8 Å². The molecule has 1 heterocycles. The number of carbonyl (C=O) groups excluding carboxylic acids is 1. The summed E-state index contributed by atoms with van der Waals surface area (Å²) in [6.07, 6.45) is 1.70. The molecule has 3 aromatic rings. The Kier molecular flexibility index (Phi) is 4.55. The minimum absolute atomic E-state index is 0.242. The normalized spacial score (nSPS) is 10.6. The number of aromatic nitrogens is 4. The lowest BCUT2D eigenvalue weighted by Gasteiger charge is -2.09. The zero-order valence-electron chi connectivity index (χ0n) is 12.5. The maximum atomic E-state index is 13.1. The van der Waals surface area contributed by atoms with Crippen molar-refractivity contribution >= 4 is 5.91 Å². The molecule has 24 heavy (non-hydrogen) atoms. The topological polar surface area (TPSA) is 72.7 Å². The Hall–Kier alpha value is -3.16. The van der Waals surface area contributed by atoms with Gasteiger partial charge in [0.1, 0.15) is 18.0 Å². The number of carbonyl (C=O) groups is 1. The maximum Gasteiger partial charge on any atom is 0.253 e. The van der Waals surface area contributed by atoms with E-state index in [4.69, 9.17) is 0 Å². The summed E-state index contributed by atoms with van der Waals surface area (Å²) in [5, 5.41) is 13.6. The van der Waals surface area contributed by atoms with Crippen LogP contribution in [-0.4, -0.2) is 32.7 Å². The lowest BCUT2D eigenvalue weighted by molar-refractivity contribution is 0.0954. The molecule has 0 radical (unpaired) electrons. The Morgan fingerprint density at radius 3 is 2.58 bits per heavy atom. The lowest BCUT2D eigenvalue weighted by Crippen LogP contribution is -2.27. The quantitative estimate of drug-likeness (QED) is 0.776. The lowest BCUT2D eigenvalue weighted by atomic mass is 10.1. The fraction of sp³-hybridized carbons (Fsp3) is 0.125. The molecule has 0 aliphatic rings. The van der Waals surface area contributed by atoms with Gasteiger partial charge >= 0.3 is 0 Å². The van der Waals surface area contributed by atoms with E-state index in [1.807, 2.05) is 0 Å². The van der Waals surface area contributed by atoms with Gasteiger partial charge in [-0.15, -0.1) is 5.10 Å². The van der Waals surface area contributed by atoms with Crippen LogP contribution in [0.5, 0.6) is 0 Å². The third kappa shape index (κ3) is 3.60. The summed E-state index contributed by atoms with van der Waals surface area (Å²) in [4.78, 5) is 12.3. The van der Waals surface area contributed by atoms with Crippen LogP contribution in [0.3, 0.4) is 0 Å². The Labute approximate surface area is 136 Å². The van der Waals surface area contributed by atoms with E-state index in [9.17, 15) is 13.6 Å². The molecule has 6 nitrogen and oxygen atoms in total. The second kappa shape index (κ2) is 6.95. The van der Waals surface area contributed by atoms with Crippen LogP contribution >= 0.6 is 0 Å². The number of halogens is 2. The van der Waals surface area contributed by atoms with Gasteiger partial charge in [-0.3, -0.25) is 4.79 Å². The van der Waals surface area contributed by atoms with E-state index >= 15 is 0 Å². The van der Waals surface area contributed by atoms with Crippen LogP contribution < -0.4 is 5.32 Å². The first-order chi connectivity index (χ1) is 11.6. The first-order valence-corrected chi connectivity index (χ1v) is 7.19. The molecule has 2 aromatic carbocycles. The third-order valence-corrected chi connectivity index (χ3v) is 3.37. The molecule has 1 N–H and O–H groups in total. The number of para-hydroxylation sites is 1. The molecule has 0 aliphatic carbocycles. The van der Waals surface area contributed by atoms with Crippen LogP contribution in [0.4, 0.5) is 8.78 Å². The zero-order valence-corrected chi connectivity index (χ0v) is 12.5. The number of hydrogen-bond acceptors (Lipinski definition) is 4. The summed E-state index contributed by atoms with van der Waals surface area (Å²) in [5.41, 5.74) is 1.41. The van der Waals surface area contributed by atoms with Gasteiger partial charge in [0.25, 0.3) is 5.91 Å². The van der Waals surface area contributed by atoms with Gasteiger partial charge in [-0.25, -0.2) is 8.78 Å². The molecule has 0 aliphatic heterocycles. The van der Waals surface area contributed by atoms with Gasteiger partial charge in [-0.1, -0.05) is 12.1 Å². The first kappa shape index (κ1) is 15.7. The molecule has 0 atom stereocenters. The van der Waals surface area contributed by atoms with Crippen molar-refractivity contribution < 1.29 is 13.6 Å². The van der Waals surface area contributed by atoms with Crippen molar-refractivity contribution in [1.29, 1.82) is 0 Å². The summed E-state index contributed by atoms with van der Waals surface area (Å²) in [6.45, 7) is 0.242. The predicted octanol–water partition coefficient (Wildman–Crippen LogP) is 1.91. The van der Waals surface area contributed by atoms with Crippen LogP contribution in [0.2, 0.25) is 0 Å². The van der Waals surface area contributed by atoms with Gasteiger partial charge < -0.3 is 5.32 Å². The van der Waals surface area contributed by atoms with E-state index in [-0.39, 0.29) is 12.5 Å². The molecule has 3 rings (SSSR count). The molecule has 0 spiro atoms. The smallest absolute Gasteiger partial charge is 0.253 e. The Balaban J connectivity index is 1.68. The SMILES string of the molecule is O=C(NCCc1cc(F)cc(F)c1)c1ccccc1-n1cnnn1. The van der Waals surface area contributed by atoms with Crippen molar-refractivity contribution in [3.8, 4) is 5.69 Å². The molecular weight excluding hydrogens is 316 g/mol. The van der Waals surface area contributed by atoms with Crippen molar-refractivity contribution in [3.05, 3.63) is 71.6 Å². The second-order valence-electron chi connectivity index (χ2n) is 5.06. The number of hydrogen-bond donors (Lipinski definition) is 1. The standard InChI is InChI=1S/C16H13F2N5O/c17-12-7-11(8-13(18)9-12)5-6-19-16(24)14-3-1-2-4-15(14)23-10-20-21-22-23/h1-4,7-10H,5-6H2,(H,19,24). The molecule has 0 fully saturated rings. The number of rotatable bonds is 5. The summed E-state index contributed by atoms with van der Waals surface area (Å²) in [7, 11) is 0. The number of nitrogens with one attached hydrogen (secondary N) is 1.